The Morgan fingerprint density at radius 1 is 1.61 bits per heavy atom. The Kier molecular flexibility index (Phi) is 3.80. The van der Waals surface area contributed by atoms with Gasteiger partial charge in [-0.15, -0.1) is 0 Å². The average molecular weight is 245 g/mol. The first kappa shape index (κ1) is 12.4. The largest absolute Gasteiger partial charge is 0.495 e. The first-order valence-corrected chi connectivity index (χ1v) is 5.87. The molecule has 5 nitrogen and oxygen atoms in total. The van der Waals surface area contributed by atoms with E-state index in [1.165, 1.54) is 7.11 Å². The fourth-order valence-electron chi connectivity index (χ4n) is 2.04. The summed E-state index contributed by atoms with van der Waals surface area (Å²) >= 11 is 0. The molecule has 1 atom stereocenters. The number of amides is 1. The van der Waals surface area contributed by atoms with Gasteiger partial charge in [-0.1, -0.05) is 6.07 Å². The molecule has 0 bridgehead atoms. The molecule has 0 unspecified atom stereocenters. The van der Waals surface area contributed by atoms with E-state index in [2.05, 4.69) is 16.7 Å². The second-order valence-corrected chi connectivity index (χ2v) is 4.13. The van der Waals surface area contributed by atoms with E-state index in [0.717, 1.165) is 19.4 Å². The van der Waals surface area contributed by atoms with Crippen molar-refractivity contribution in [1.29, 1.82) is 5.26 Å². The predicted octanol–water partition coefficient (Wildman–Crippen LogP) is 1.26. The quantitative estimate of drug-likeness (QED) is 0.840. The summed E-state index contributed by atoms with van der Waals surface area (Å²) in [5.41, 5.74) is 0.849. The van der Waals surface area contributed by atoms with Crippen LogP contribution in [-0.2, 0) is 4.79 Å². The third-order valence-corrected chi connectivity index (χ3v) is 2.99. The van der Waals surface area contributed by atoms with Gasteiger partial charge in [0.15, 0.2) is 0 Å². The van der Waals surface area contributed by atoms with E-state index >= 15 is 0 Å². The first-order chi connectivity index (χ1) is 8.76. The van der Waals surface area contributed by atoms with E-state index in [9.17, 15) is 4.79 Å². The first-order valence-electron chi connectivity index (χ1n) is 5.87. The zero-order valence-electron chi connectivity index (χ0n) is 10.2. The van der Waals surface area contributed by atoms with E-state index in [1.54, 1.807) is 18.2 Å². The van der Waals surface area contributed by atoms with Crippen molar-refractivity contribution in [3.8, 4) is 11.8 Å². The molecular formula is C13H15N3O2. The second kappa shape index (κ2) is 5.52. The number of nitriles is 1. The number of methoxy groups -OCH3 is 1. The summed E-state index contributed by atoms with van der Waals surface area (Å²) in [7, 11) is 1.51. The van der Waals surface area contributed by atoms with Crippen LogP contribution in [0, 0.1) is 11.3 Å². The van der Waals surface area contributed by atoms with Crippen LogP contribution >= 0.6 is 0 Å². The van der Waals surface area contributed by atoms with Crippen LogP contribution < -0.4 is 15.4 Å². The minimum atomic E-state index is -0.179. The molecule has 0 aliphatic carbocycles. The number of benzene rings is 1. The topological polar surface area (TPSA) is 74.1 Å². The van der Waals surface area contributed by atoms with Gasteiger partial charge in [0.05, 0.1) is 18.7 Å². The van der Waals surface area contributed by atoms with E-state index in [-0.39, 0.29) is 11.9 Å². The van der Waals surface area contributed by atoms with Crippen molar-refractivity contribution < 1.29 is 9.53 Å². The molecule has 1 fully saturated rings. The van der Waals surface area contributed by atoms with Gasteiger partial charge >= 0.3 is 0 Å². The fraction of sp³-hybridized carbons (Fsp3) is 0.385. The van der Waals surface area contributed by atoms with Gasteiger partial charge in [-0.3, -0.25) is 4.79 Å². The van der Waals surface area contributed by atoms with Crippen LogP contribution in [0.15, 0.2) is 18.2 Å². The maximum absolute atomic E-state index is 12.0. The number of ether oxygens (including phenoxy) is 1. The molecule has 1 aromatic rings. The van der Waals surface area contributed by atoms with Gasteiger partial charge in [-0.2, -0.15) is 5.26 Å². The van der Waals surface area contributed by atoms with Crippen LogP contribution in [0.1, 0.15) is 18.4 Å². The normalized spacial score (nSPS) is 18.1. The maximum Gasteiger partial charge on any atom is 0.241 e. The number of nitrogens with one attached hydrogen (secondary N) is 2. The molecule has 0 radical (unpaired) electrons. The van der Waals surface area contributed by atoms with Crippen LogP contribution in [0.4, 0.5) is 5.69 Å². The molecule has 1 aromatic carbocycles. The summed E-state index contributed by atoms with van der Waals surface area (Å²) < 4.78 is 5.17. The minimum absolute atomic E-state index is 0.117. The number of rotatable bonds is 3. The van der Waals surface area contributed by atoms with Gasteiger partial charge < -0.3 is 15.4 Å². The molecule has 1 amide bonds. The van der Waals surface area contributed by atoms with Crippen LogP contribution in [0.25, 0.3) is 0 Å². The summed E-state index contributed by atoms with van der Waals surface area (Å²) in [5, 5.41) is 14.9. The van der Waals surface area contributed by atoms with Crippen molar-refractivity contribution in [2.45, 2.75) is 18.9 Å². The lowest BCUT2D eigenvalue weighted by molar-refractivity contribution is -0.117. The Morgan fingerprint density at radius 2 is 2.44 bits per heavy atom. The molecule has 0 spiro atoms. The molecule has 18 heavy (non-hydrogen) atoms. The average Bonchev–Trinajstić information content (AvgIpc) is 2.93. The SMILES string of the molecule is COc1cccc(C#N)c1NC(=O)[C@H]1CCCN1. The number of anilines is 1. The van der Waals surface area contributed by atoms with Gasteiger partial charge in [-0.25, -0.2) is 0 Å². The molecular weight excluding hydrogens is 230 g/mol. The van der Waals surface area contributed by atoms with E-state index < -0.39 is 0 Å². The van der Waals surface area contributed by atoms with Gasteiger partial charge in [0.1, 0.15) is 17.5 Å². The van der Waals surface area contributed by atoms with E-state index in [4.69, 9.17) is 10.00 Å². The third-order valence-electron chi connectivity index (χ3n) is 2.99. The Balaban J connectivity index is 2.22. The fourth-order valence-corrected chi connectivity index (χ4v) is 2.04. The number of hydrogen-bond donors (Lipinski definition) is 2. The van der Waals surface area contributed by atoms with Gasteiger partial charge in [-0.05, 0) is 31.5 Å². The highest BCUT2D eigenvalue weighted by molar-refractivity contribution is 5.97. The van der Waals surface area contributed by atoms with Gasteiger partial charge in [0.2, 0.25) is 5.91 Å². The molecule has 1 aliphatic rings. The number of carbonyl (C=O) groups is 1. The lowest BCUT2D eigenvalue weighted by Crippen LogP contribution is -2.35. The molecule has 1 aliphatic heterocycles. The zero-order valence-corrected chi connectivity index (χ0v) is 10.2. The summed E-state index contributed by atoms with van der Waals surface area (Å²) in [6, 6.07) is 6.97. The molecule has 94 valence electrons. The van der Waals surface area contributed by atoms with Crippen molar-refractivity contribution in [3.63, 3.8) is 0 Å². The summed E-state index contributed by atoms with van der Waals surface area (Å²) in [4.78, 5) is 12.0. The number of nitrogens with zero attached hydrogens (tertiary/aromatic N) is 1. The Hall–Kier alpha value is -2.06. The number of carbonyl (C=O) groups excluding carboxylic acids is 1. The van der Waals surface area contributed by atoms with Gasteiger partial charge in [0, 0.05) is 0 Å². The third kappa shape index (κ3) is 2.44. The minimum Gasteiger partial charge on any atom is -0.495 e. The van der Waals surface area contributed by atoms with E-state index in [0.29, 0.717) is 17.0 Å². The van der Waals surface area contributed by atoms with Crippen LogP contribution in [0.5, 0.6) is 5.75 Å². The van der Waals surface area contributed by atoms with Crippen molar-refractivity contribution in [3.05, 3.63) is 23.8 Å². The van der Waals surface area contributed by atoms with Gasteiger partial charge in [0.25, 0.3) is 0 Å². The van der Waals surface area contributed by atoms with E-state index in [1.807, 2.05) is 0 Å². The smallest absolute Gasteiger partial charge is 0.241 e. The molecule has 5 heteroatoms. The lowest BCUT2D eigenvalue weighted by atomic mass is 10.1. The highest BCUT2D eigenvalue weighted by Gasteiger charge is 2.23. The van der Waals surface area contributed by atoms with Crippen molar-refractivity contribution in [1.82, 2.24) is 5.32 Å². The second-order valence-electron chi connectivity index (χ2n) is 4.13. The van der Waals surface area contributed by atoms with Crippen molar-refractivity contribution in [2.24, 2.45) is 0 Å². The summed E-state index contributed by atoms with van der Waals surface area (Å²) in [6.45, 7) is 0.856. The number of para-hydroxylation sites is 1. The van der Waals surface area contributed by atoms with Crippen LogP contribution in [0.2, 0.25) is 0 Å². The van der Waals surface area contributed by atoms with Crippen LogP contribution in [0.3, 0.4) is 0 Å². The molecule has 1 saturated heterocycles. The highest BCUT2D eigenvalue weighted by atomic mass is 16.5. The monoisotopic (exact) mass is 245 g/mol. The Morgan fingerprint density at radius 3 is 3.06 bits per heavy atom. The maximum atomic E-state index is 12.0. The number of hydrogen-bond acceptors (Lipinski definition) is 4. The summed E-state index contributed by atoms with van der Waals surface area (Å²) in [6.07, 6.45) is 1.82. The standard InChI is InChI=1S/C13H15N3O2/c1-18-11-6-2-4-9(8-14)12(11)16-13(17)10-5-3-7-15-10/h2,4,6,10,15H,3,5,7H2,1H3,(H,16,17)/t10-/m1/s1. The molecule has 2 rings (SSSR count). The Bertz CT molecular complexity index is 487. The molecule has 0 saturated carbocycles. The molecule has 2 N–H and O–H groups in total. The highest BCUT2D eigenvalue weighted by Crippen LogP contribution is 2.28. The predicted molar refractivity (Wildman–Crippen MR) is 67.4 cm³/mol. The molecule has 0 aromatic heterocycles. The van der Waals surface area contributed by atoms with Crippen molar-refractivity contribution in [2.75, 3.05) is 19.0 Å². The summed E-state index contributed by atoms with van der Waals surface area (Å²) in [5.74, 6) is 0.383. The lowest BCUT2D eigenvalue weighted by Gasteiger charge is -2.14. The zero-order chi connectivity index (χ0) is 13.0. The van der Waals surface area contributed by atoms with Crippen molar-refractivity contribution >= 4 is 11.6 Å². The molecule has 1 heterocycles. The Labute approximate surface area is 106 Å². The van der Waals surface area contributed by atoms with Crippen LogP contribution in [-0.4, -0.2) is 25.6 Å².